The highest BCUT2D eigenvalue weighted by Crippen LogP contribution is 2.14. The van der Waals surface area contributed by atoms with Gasteiger partial charge in [0, 0.05) is 25.2 Å². The molecule has 0 spiro atoms. The highest BCUT2D eigenvalue weighted by atomic mass is 16.5. The van der Waals surface area contributed by atoms with Crippen LogP contribution in [-0.4, -0.2) is 48.9 Å². The second-order valence-corrected chi connectivity index (χ2v) is 4.74. The van der Waals surface area contributed by atoms with Crippen molar-refractivity contribution in [1.82, 2.24) is 10.2 Å². The SMILES string of the molecule is CC(C)(C)N(C[C@H]1CNCCO1)C(=O)[O-]. The van der Waals surface area contributed by atoms with Gasteiger partial charge in [-0.05, 0) is 20.8 Å². The molecule has 88 valence electrons. The van der Waals surface area contributed by atoms with E-state index in [0.717, 1.165) is 6.54 Å². The maximum absolute atomic E-state index is 11.0. The number of nitrogens with zero attached hydrogens (tertiary/aromatic N) is 1. The molecule has 1 fully saturated rings. The molecule has 1 heterocycles. The second-order valence-electron chi connectivity index (χ2n) is 4.74. The summed E-state index contributed by atoms with van der Waals surface area (Å²) in [6.07, 6.45) is -1.22. The molecule has 1 saturated heterocycles. The lowest BCUT2D eigenvalue weighted by Crippen LogP contribution is -2.56. The number of amides is 1. The molecule has 1 atom stereocenters. The van der Waals surface area contributed by atoms with Crippen LogP contribution < -0.4 is 10.4 Å². The van der Waals surface area contributed by atoms with E-state index in [1.54, 1.807) is 0 Å². The Balaban J connectivity index is 2.54. The third-order valence-corrected chi connectivity index (χ3v) is 2.42. The third kappa shape index (κ3) is 3.68. The van der Waals surface area contributed by atoms with Crippen molar-refractivity contribution in [2.75, 3.05) is 26.2 Å². The monoisotopic (exact) mass is 215 g/mol. The van der Waals surface area contributed by atoms with Crippen LogP contribution in [0.25, 0.3) is 0 Å². The molecule has 1 aliphatic heterocycles. The van der Waals surface area contributed by atoms with Gasteiger partial charge in [0.2, 0.25) is 0 Å². The Morgan fingerprint density at radius 1 is 1.60 bits per heavy atom. The Hall–Kier alpha value is -0.810. The number of carboxylic acid groups (broad SMARTS) is 1. The summed E-state index contributed by atoms with van der Waals surface area (Å²) >= 11 is 0. The summed E-state index contributed by atoms with van der Waals surface area (Å²) in [7, 11) is 0. The van der Waals surface area contributed by atoms with Gasteiger partial charge in [-0.2, -0.15) is 0 Å². The molecule has 0 unspecified atom stereocenters. The molecule has 0 aromatic carbocycles. The minimum Gasteiger partial charge on any atom is -0.530 e. The van der Waals surface area contributed by atoms with Crippen LogP contribution in [0.2, 0.25) is 0 Å². The molecule has 5 nitrogen and oxygen atoms in total. The fraction of sp³-hybridized carbons (Fsp3) is 0.900. The van der Waals surface area contributed by atoms with E-state index >= 15 is 0 Å². The number of hydrogen-bond acceptors (Lipinski definition) is 4. The van der Waals surface area contributed by atoms with Gasteiger partial charge < -0.3 is 24.9 Å². The highest BCUT2D eigenvalue weighted by molar-refractivity contribution is 5.63. The number of hydrogen-bond donors (Lipinski definition) is 1. The van der Waals surface area contributed by atoms with Gasteiger partial charge in [-0.1, -0.05) is 0 Å². The summed E-state index contributed by atoms with van der Waals surface area (Å²) in [6.45, 7) is 8.06. The van der Waals surface area contributed by atoms with Crippen LogP contribution in [0.1, 0.15) is 20.8 Å². The van der Waals surface area contributed by atoms with Gasteiger partial charge in [0.1, 0.15) is 6.09 Å². The van der Waals surface area contributed by atoms with E-state index in [1.165, 1.54) is 4.90 Å². The first-order chi connectivity index (χ1) is 6.91. The summed E-state index contributed by atoms with van der Waals surface area (Å²) in [6, 6.07) is 0. The lowest BCUT2D eigenvalue weighted by atomic mass is 10.1. The number of ether oxygens (including phenoxy) is 1. The van der Waals surface area contributed by atoms with Crippen molar-refractivity contribution in [3.05, 3.63) is 0 Å². The molecule has 1 rings (SSSR count). The van der Waals surface area contributed by atoms with Crippen molar-refractivity contribution < 1.29 is 14.6 Å². The standard InChI is InChI=1S/C10H20N2O3/c1-10(2,3)12(9(13)14)7-8-6-11-4-5-15-8/h8,11H,4-7H2,1-3H3,(H,13,14)/p-1/t8-/m1/s1. The van der Waals surface area contributed by atoms with Gasteiger partial charge in [-0.15, -0.1) is 0 Å². The maximum atomic E-state index is 11.0. The molecule has 1 N–H and O–H groups in total. The van der Waals surface area contributed by atoms with Crippen molar-refractivity contribution in [2.45, 2.75) is 32.4 Å². The predicted octanol–water partition coefficient (Wildman–Crippen LogP) is -0.581. The van der Waals surface area contributed by atoms with E-state index in [2.05, 4.69) is 5.32 Å². The summed E-state index contributed by atoms with van der Waals surface area (Å²) in [5, 5.41) is 14.1. The highest BCUT2D eigenvalue weighted by Gasteiger charge is 2.25. The Labute approximate surface area is 90.4 Å². The van der Waals surface area contributed by atoms with E-state index in [0.29, 0.717) is 19.7 Å². The van der Waals surface area contributed by atoms with Crippen LogP contribution in [0.4, 0.5) is 4.79 Å². The summed E-state index contributed by atoms with van der Waals surface area (Å²) in [5.74, 6) is 0. The van der Waals surface area contributed by atoms with Crippen LogP contribution in [0.15, 0.2) is 0 Å². The minimum absolute atomic E-state index is 0.0733. The molecule has 1 aliphatic rings. The number of morpholine rings is 1. The zero-order valence-corrected chi connectivity index (χ0v) is 9.58. The fourth-order valence-corrected chi connectivity index (χ4v) is 1.56. The van der Waals surface area contributed by atoms with E-state index in [4.69, 9.17) is 4.74 Å². The minimum atomic E-state index is -1.14. The molecule has 0 aromatic rings. The van der Waals surface area contributed by atoms with E-state index in [-0.39, 0.29) is 6.10 Å². The third-order valence-electron chi connectivity index (χ3n) is 2.42. The Bertz CT molecular complexity index is 219. The summed E-state index contributed by atoms with van der Waals surface area (Å²) in [4.78, 5) is 12.3. The molecule has 15 heavy (non-hydrogen) atoms. The summed E-state index contributed by atoms with van der Waals surface area (Å²) < 4.78 is 5.46. The lowest BCUT2D eigenvalue weighted by Gasteiger charge is -2.40. The van der Waals surface area contributed by atoms with Crippen molar-refractivity contribution in [3.63, 3.8) is 0 Å². The number of carbonyl (C=O) groups is 1. The Kier molecular flexibility index (Phi) is 3.93. The maximum Gasteiger partial charge on any atom is 0.137 e. The summed E-state index contributed by atoms with van der Waals surface area (Å²) in [5.41, 5.74) is -0.445. The van der Waals surface area contributed by atoms with Gasteiger partial charge in [0.05, 0.1) is 12.7 Å². The molecular formula is C10H19N2O3-. The lowest BCUT2D eigenvalue weighted by molar-refractivity contribution is -0.272. The molecule has 0 radical (unpaired) electrons. The molecule has 0 saturated carbocycles. The first-order valence-electron chi connectivity index (χ1n) is 5.22. The van der Waals surface area contributed by atoms with Crippen molar-refractivity contribution in [2.24, 2.45) is 0 Å². The van der Waals surface area contributed by atoms with Gasteiger partial charge in [0.15, 0.2) is 0 Å². The quantitative estimate of drug-likeness (QED) is 0.669. The first-order valence-corrected chi connectivity index (χ1v) is 5.22. The smallest absolute Gasteiger partial charge is 0.137 e. The van der Waals surface area contributed by atoms with Crippen LogP contribution >= 0.6 is 0 Å². The van der Waals surface area contributed by atoms with Crippen molar-refractivity contribution in [3.8, 4) is 0 Å². The van der Waals surface area contributed by atoms with Crippen molar-refractivity contribution >= 4 is 6.09 Å². The van der Waals surface area contributed by atoms with Crippen LogP contribution in [0.5, 0.6) is 0 Å². The van der Waals surface area contributed by atoms with Gasteiger partial charge in [-0.3, -0.25) is 0 Å². The molecule has 5 heteroatoms. The zero-order valence-electron chi connectivity index (χ0n) is 9.58. The zero-order chi connectivity index (χ0) is 11.5. The van der Waals surface area contributed by atoms with E-state index in [1.807, 2.05) is 20.8 Å². The average Bonchev–Trinajstić information content (AvgIpc) is 2.13. The van der Waals surface area contributed by atoms with Gasteiger partial charge >= 0.3 is 0 Å². The van der Waals surface area contributed by atoms with Crippen LogP contribution in [0, 0.1) is 0 Å². The molecule has 0 aliphatic carbocycles. The normalized spacial score (nSPS) is 22.5. The van der Waals surface area contributed by atoms with E-state index < -0.39 is 11.6 Å². The largest absolute Gasteiger partial charge is 0.530 e. The van der Waals surface area contributed by atoms with Crippen LogP contribution in [0.3, 0.4) is 0 Å². The van der Waals surface area contributed by atoms with Gasteiger partial charge in [-0.25, -0.2) is 0 Å². The van der Waals surface area contributed by atoms with Gasteiger partial charge in [0.25, 0.3) is 0 Å². The number of nitrogens with one attached hydrogen (secondary N) is 1. The topological polar surface area (TPSA) is 64.6 Å². The number of carbonyl (C=O) groups excluding carboxylic acids is 1. The predicted molar refractivity (Wildman–Crippen MR) is 54.5 cm³/mol. The Morgan fingerprint density at radius 3 is 2.67 bits per heavy atom. The van der Waals surface area contributed by atoms with Crippen molar-refractivity contribution in [1.29, 1.82) is 0 Å². The molecule has 0 bridgehead atoms. The van der Waals surface area contributed by atoms with E-state index in [9.17, 15) is 9.90 Å². The Morgan fingerprint density at radius 2 is 2.27 bits per heavy atom. The first kappa shape index (κ1) is 12.3. The number of rotatable bonds is 2. The van der Waals surface area contributed by atoms with Crippen LogP contribution in [-0.2, 0) is 4.74 Å². The molecule has 0 aromatic heterocycles. The fourth-order valence-electron chi connectivity index (χ4n) is 1.56. The molecule has 1 amide bonds. The second kappa shape index (κ2) is 4.81. The average molecular weight is 215 g/mol. The molecular weight excluding hydrogens is 196 g/mol.